The van der Waals surface area contributed by atoms with E-state index in [1.54, 1.807) is 13.1 Å². The molecule has 140 valence electrons. The zero-order valence-corrected chi connectivity index (χ0v) is 15.2. The van der Waals surface area contributed by atoms with Gasteiger partial charge in [0, 0.05) is 43.3 Å². The van der Waals surface area contributed by atoms with Crippen LogP contribution >= 0.6 is 0 Å². The van der Waals surface area contributed by atoms with E-state index in [1.807, 2.05) is 41.7 Å². The SMILES string of the molecule is Cc1noc(-c2ccc(NC(=O)N3CCC[C@H](Cn4ccnc4)C3)cc2)n1. The van der Waals surface area contributed by atoms with Crippen LogP contribution in [0.15, 0.2) is 47.5 Å². The van der Waals surface area contributed by atoms with Gasteiger partial charge in [-0.05, 0) is 49.9 Å². The van der Waals surface area contributed by atoms with E-state index >= 15 is 0 Å². The summed E-state index contributed by atoms with van der Waals surface area (Å²) in [5, 5.41) is 6.77. The van der Waals surface area contributed by atoms with Gasteiger partial charge < -0.3 is 19.3 Å². The molecule has 0 unspecified atom stereocenters. The Labute approximate surface area is 157 Å². The summed E-state index contributed by atoms with van der Waals surface area (Å²) in [6.45, 7) is 4.21. The standard InChI is InChI=1S/C19H22N6O2/c1-14-21-18(27-23-14)16-4-6-17(7-5-16)22-19(26)25-9-2-3-15(12-25)11-24-10-8-20-13-24/h4-8,10,13,15H,2-3,9,11-12H2,1H3,(H,22,26)/t15-/m1/s1. The van der Waals surface area contributed by atoms with E-state index in [0.717, 1.165) is 43.7 Å². The lowest BCUT2D eigenvalue weighted by molar-refractivity contribution is 0.170. The molecule has 1 aliphatic rings. The Balaban J connectivity index is 1.35. The second-order valence-electron chi connectivity index (χ2n) is 6.87. The van der Waals surface area contributed by atoms with E-state index in [1.165, 1.54) is 0 Å². The first-order valence-corrected chi connectivity index (χ1v) is 9.10. The molecule has 1 atom stereocenters. The third-order valence-electron chi connectivity index (χ3n) is 4.75. The van der Waals surface area contributed by atoms with Crippen LogP contribution in [-0.2, 0) is 6.54 Å². The number of nitrogens with zero attached hydrogens (tertiary/aromatic N) is 5. The third kappa shape index (κ3) is 4.16. The molecule has 0 saturated carbocycles. The van der Waals surface area contributed by atoms with Crippen molar-refractivity contribution < 1.29 is 9.32 Å². The molecule has 2 amide bonds. The number of likely N-dealkylation sites (tertiary alicyclic amines) is 1. The number of hydrogen-bond donors (Lipinski definition) is 1. The first kappa shape index (κ1) is 17.3. The molecule has 2 aromatic heterocycles. The fourth-order valence-corrected chi connectivity index (χ4v) is 3.40. The van der Waals surface area contributed by atoms with Gasteiger partial charge in [-0.1, -0.05) is 5.16 Å². The van der Waals surface area contributed by atoms with Crippen molar-refractivity contribution >= 4 is 11.7 Å². The normalized spacial score (nSPS) is 17.1. The number of urea groups is 1. The lowest BCUT2D eigenvalue weighted by Gasteiger charge is -2.33. The molecule has 1 fully saturated rings. The molecule has 0 bridgehead atoms. The molecule has 1 aliphatic heterocycles. The highest BCUT2D eigenvalue weighted by atomic mass is 16.5. The monoisotopic (exact) mass is 366 g/mol. The maximum Gasteiger partial charge on any atom is 0.321 e. The molecule has 27 heavy (non-hydrogen) atoms. The van der Waals surface area contributed by atoms with Crippen molar-refractivity contribution in [2.24, 2.45) is 5.92 Å². The number of rotatable bonds is 4. The van der Waals surface area contributed by atoms with Gasteiger partial charge in [-0.15, -0.1) is 0 Å². The predicted octanol–water partition coefficient (Wildman–Crippen LogP) is 3.19. The van der Waals surface area contributed by atoms with Crippen LogP contribution in [0, 0.1) is 12.8 Å². The molecule has 4 rings (SSSR count). The number of amides is 2. The van der Waals surface area contributed by atoms with Gasteiger partial charge in [0.25, 0.3) is 5.89 Å². The summed E-state index contributed by atoms with van der Waals surface area (Å²) >= 11 is 0. The van der Waals surface area contributed by atoms with Gasteiger partial charge in [0.05, 0.1) is 6.33 Å². The zero-order chi connectivity index (χ0) is 18.6. The van der Waals surface area contributed by atoms with Crippen LogP contribution < -0.4 is 5.32 Å². The number of carbonyl (C=O) groups excluding carboxylic acids is 1. The summed E-state index contributed by atoms with van der Waals surface area (Å²) in [7, 11) is 0. The predicted molar refractivity (Wildman–Crippen MR) is 100 cm³/mol. The average molecular weight is 366 g/mol. The van der Waals surface area contributed by atoms with E-state index in [4.69, 9.17) is 4.52 Å². The highest BCUT2D eigenvalue weighted by Gasteiger charge is 2.24. The van der Waals surface area contributed by atoms with Crippen LogP contribution in [0.3, 0.4) is 0 Å². The van der Waals surface area contributed by atoms with E-state index in [9.17, 15) is 4.79 Å². The molecule has 3 aromatic rings. The van der Waals surface area contributed by atoms with E-state index < -0.39 is 0 Å². The van der Waals surface area contributed by atoms with Crippen molar-refractivity contribution in [2.75, 3.05) is 18.4 Å². The lowest BCUT2D eigenvalue weighted by Crippen LogP contribution is -2.43. The van der Waals surface area contributed by atoms with Crippen molar-refractivity contribution in [1.29, 1.82) is 0 Å². The van der Waals surface area contributed by atoms with Crippen LogP contribution in [0.1, 0.15) is 18.7 Å². The fourth-order valence-electron chi connectivity index (χ4n) is 3.40. The number of aromatic nitrogens is 4. The minimum absolute atomic E-state index is 0.0632. The maximum absolute atomic E-state index is 12.6. The quantitative estimate of drug-likeness (QED) is 0.766. The lowest BCUT2D eigenvalue weighted by atomic mass is 9.98. The summed E-state index contributed by atoms with van der Waals surface area (Å²) in [5.74, 6) is 1.52. The largest absolute Gasteiger partial charge is 0.337 e. The Morgan fingerprint density at radius 1 is 1.33 bits per heavy atom. The van der Waals surface area contributed by atoms with E-state index in [-0.39, 0.29) is 6.03 Å². The second-order valence-corrected chi connectivity index (χ2v) is 6.87. The topological polar surface area (TPSA) is 89.1 Å². The van der Waals surface area contributed by atoms with E-state index in [0.29, 0.717) is 17.6 Å². The van der Waals surface area contributed by atoms with Gasteiger partial charge >= 0.3 is 6.03 Å². The number of carbonyl (C=O) groups is 1. The molecule has 8 nitrogen and oxygen atoms in total. The number of piperidine rings is 1. The van der Waals surface area contributed by atoms with Crippen LogP contribution in [-0.4, -0.2) is 43.7 Å². The minimum atomic E-state index is -0.0632. The Kier molecular flexibility index (Phi) is 4.86. The summed E-state index contributed by atoms with van der Waals surface area (Å²) < 4.78 is 7.23. The number of anilines is 1. The van der Waals surface area contributed by atoms with E-state index in [2.05, 4.69) is 25.0 Å². The minimum Gasteiger partial charge on any atom is -0.337 e. The number of imidazole rings is 1. The number of hydrogen-bond acceptors (Lipinski definition) is 5. The molecule has 0 aliphatic carbocycles. The van der Waals surface area contributed by atoms with Crippen LogP contribution in [0.25, 0.3) is 11.5 Å². The molecule has 0 spiro atoms. The van der Waals surface area contributed by atoms with Crippen molar-refractivity contribution in [3.8, 4) is 11.5 Å². The van der Waals surface area contributed by atoms with Crippen LogP contribution in [0.2, 0.25) is 0 Å². The molecule has 3 heterocycles. The molecule has 8 heteroatoms. The summed E-state index contributed by atoms with van der Waals surface area (Å²) in [6, 6.07) is 7.35. The maximum atomic E-state index is 12.6. The van der Waals surface area contributed by atoms with Crippen LogP contribution in [0.4, 0.5) is 10.5 Å². The molecule has 0 radical (unpaired) electrons. The van der Waals surface area contributed by atoms with Crippen molar-refractivity contribution in [2.45, 2.75) is 26.3 Å². The first-order valence-electron chi connectivity index (χ1n) is 9.10. The van der Waals surface area contributed by atoms with Gasteiger partial charge in [0.2, 0.25) is 0 Å². The molecular formula is C19H22N6O2. The Hall–Kier alpha value is -3.16. The summed E-state index contributed by atoms with van der Waals surface area (Å²) in [6.07, 6.45) is 7.71. The van der Waals surface area contributed by atoms with Gasteiger partial charge in [-0.25, -0.2) is 9.78 Å². The smallest absolute Gasteiger partial charge is 0.321 e. The number of aryl methyl sites for hydroxylation is 1. The molecule has 1 saturated heterocycles. The van der Waals surface area contributed by atoms with Gasteiger partial charge in [0.15, 0.2) is 5.82 Å². The van der Waals surface area contributed by atoms with Crippen molar-refractivity contribution in [3.63, 3.8) is 0 Å². The highest BCUT2D eigenvalue weighted by Crippen LogP contribution is 2.22. The van der Waals surface area contributed by atoms with Gasteiger partial charge in [0.1, 0.15) is 0 Å². The second kappa shape index (κ2) is 7.61. The average Bonchev–Trinajstić information content (AvgIpc) is 3.34. The Bertz CT molecular complexity index is 887. The molecule has 1 N–H and O–H groups in total. The Morgan fingerprint density at radius 2 is 2.19 bits per heavy atom. The number of benzene rings is 1. The first-order chi connectivity index (χ1) is 13.2. The highest BCUT2D eigenvalue weighted by molar-refractivity contribution is 5.89. The molecule has 1 aromatic carbocycles. The zero-order valence-electron chi connectivity index (χ0n) is 15.2. The fraction of sp³-hybridized carbons (Fsp3) is 0.368. The Morgan fingerprint density at radius 3 is 2.89 bits per heavy atom. The summed E-state index contributed by atoms with van der Waals surface area (Å²) in [5.41, 5.74) is 1.57. The van der Waals surface area contributed by atoms with Gasteiger partial charge in [-0.2, -0.15) is 4.98 Å². The van der Waals surface area contributed by atoms with Crippen molar-refractivity contribution in [3.05, 3.63) is 48.8 Å². The summed E-state index contributed by atoms with van der Waals surface area (Å²) in [4.78, 5) is 22.8. The van der Waals surface area contributed by atoms with Crippen LogP contribution in [0.5, 0.6) is 0 Å². The third-order valence-corrected chi connectivity index (χ3v) is 4.75. The van der Waals surface area contributed by atoms with Crippen molar-refractivity contribution in [1.82, 2.24) is 24.6 Å². The molecular weight excluding hydrogens is 344 g/mol. The van der Waals surface area contributed by atoms with Gasteiger partial charge in [-0.3, -0.25) is 0 Å². The number of nitrogens with one attached hydrogen (secondary N) is 1.